The second-order valence-corrected chi connectivity index (χ2v) is 3.81. The van der Waals surface area contributed by atoms with Crippen LogP contribution in [0.3, 0.4) is 0 Å². The predicted octanol–water partition coefficient (Wildman–Crippen LogP) is 3.35. The van der Waals surface area contributed by atoms with E-state index in [1.54, 1.807) is 12.1 Å². The number of benzene rings is 2. The summed E-state index contributed by atoms with van der Waals surface area (Å²) in [6.45, 7) is 0. The Morgan fingerprint density at radius 2 is 1.67 bits per heavy atom. The van der Waals surface area contributed by atoms with E-state index in [1.165, 1.54) is 12.1 Å². The summed E-state index contributed by atoms with van der Waals surface area (Å²) in [5.41, 5.74) is 8.42. The van der Waals surface area contributed by atoms with Crippen molar-refractivity contribution in [3.8, 4) is 0 Å². The zero-order valence-electron chi connectivity index (χ0n) is 9.61. The van der Waals surface area contributed by atoms with E-state index in [-0.39, 0.29) is 5.69 Å². The first-order valence-electron chi connectivity index (χ1n) is 5.44. The summed E-state index contributed by atoms with van der Waals surface area (Å²) in [6, 6.07) is 13.9. The lowest BCUT2D eigenvalue weighted by molar-refractivity contribution is -0.384. The van der Waals surface area contributed by atoms with Crippen molar-refractivity contribution < 1.29 is 4.92 Å². The Labute approximate surface area is 105 Å². The highest BCUT2D eigenvalue weighted by Gasteiger charge is 2.02. The molecule has 0 unspecified atom stereocenters. The molecule has 18 heavy (non-hydrogen) atoms. The third-order valence-corrected chi connectivity index (χ3v) is 2.56. The van der Waals surface area contributed by atoms with Gasteiger partial charge in [0, 0.05) is 17.8 Å². The highest BCUT2D eigenvalue weighted by molar-refractivity contribution is 5.75. The molecule has 0 radical (unpaired) electrons. The van der Waals surface area contributed by atoms with Gasteiger partial charge in [0.25, 0.3) is 5.69 Å². The first-order chi connectivity index (χ1) is 8.66. The molecule has 4 nitrogen and oxygen atoms in total. The number of non-ortho nitro benzene ring substituents is 1. The Morgan fingerprint density at radius 3 is 2.28 bits per heavy atom. The zero-order chi connectivity index (χ0) is 13.0. The van der Waals surface area contributed by atoms with Crippen molar-refractivity contribution >= 4 is 23.5 Å². The summed E-state index contributed by atoms with van der Waals surface area (Å²) in [7, 11) is 0. The molecule has 2 N–H and O–H groups in total. The van der Waals surface area contributed by atoms with Crippen LogP contribution >= 0.6 is 0 Å². The normalized spacial score (nSPS) is 10.7. The Morgan fingerprint density at radius 1 is 1.00 bits per heavy atom. The molecule has 0 heterocycles. The summed E-state index contributed by atoms with van der Waals surface area (Å²) in [4.78, 5) is 10.1. The number of nitrogens with two attached hydrogens (primary N) is 1. The zero-order valence-corrected chi connectivity index (χ0v) is 9.61. The molecule has 2 aromatic rings. The van der Waals surface area contributed by atoms with E-state index in [9.17, 15) is 10.1 Å². The van der Waals surface area contributed by atoms with Gasteiger partial charge in [0.1, 0.15) is 0 Å². The molecule has 0 atom stereocenters. The molecule has 2 aromatic carbocycles. The van der Waals surface area contributed by atoms with Crippen LogP contribution in [0.5, 0.6) is 0 Å². The number of nitrogens with zero attached hydrogens (tertiary/aromatic N) is 1. The van der Waals surface area contributed by atoms with Crippen LogP contribution in [0.1, 0.15) is 11.1 Å². The molecule has 0 bridgehead atoms. The molecule has 0 aliphatic rings. The molecular formula is C14H12N2O2. The quantitative estimate of drug-likeness (QED) is 0.387. The topological polar surface area (TPSA) is 69.2 Å². The monoisotopic (exact) mass is 240 g/mol. The highest BCUT2D eigenvalue weighted by Crippen LogP contribution is 2.16. The van der Waals surface area contributed by atoms with Gasteiger partial charge in [0.2, 0.25) is 0 Å². The van der Waals surface area contributed by atoms with Crippen LogP contribution in [0, 0.1) is 10.1 Å². The average molecular weight is 240 g/mol. The summed E-state index contributed by atoms with van der Waals surface area (Å²) in [5.74, 6) is 0. The van der Waals surface area contributed by atoms with Crippen LogP contribution in [0.4, 0.5) is 11.4 Å². The van der Waals surface area contributed by atoms with Gasteiger partial charge >= 0.3 is 0 Å². The third kappa shape index (κ3) is 2.74. The largest absolute Gasteiger partial charge is 0.398 e. The fourth-order valence-corrected chi connectivity index (χ4v) is 1.56. The second-order valence-electron chi connectivity index (χ2n) is 3.81. The van der Waals surface area contributed by atoms with Gasteiger partial charge in [-0.15, -0.1) is 0 Å². The number of hydrogen-bond donors (Lipinski definition) is 1. The summed E-state index contributed by atoms with van der Waals surface area (Å²) >= 11 is 0. The minimum atomic E-state index is -0.414. The van der Waals surface area contributed by atoms with Crippen LogP contribution in [0.25, 0.3) is 12.2 Å². The first kappa shape index (κ1) is 11.9. The Hall–Kier alpha value is -2.62. The van der Waals surface area contributed by atoms with E-state index < -0.39 is 4.92 Å². The van der Waals surface area contributed by atoms with Crippen LogP contribution in [0.2, 0.25) is 0 Å². The molecule has 0 spiro atoms. The van der Waals surface area contributed by atoms with E-state index in [2.05, 4.69) is 0 Å². The smallest absolute Gasteiger partial charge is 0.269 e. The highest BCUT2D eigenvalue weighted by atomic mass is 16.6. The van der Waals surface area contributed by atoms with Crippen molar-refractivity contribution in [2.75, 3.05) is 5.73 Å². The summed E-state index contributed by atoms with van der Waals surface area (Å²) < 4.78 is 0. The molecule has 0 aliphatic heterocycles. The van der Waals surface area contributed by atoms with E-state index in [4.69, 9.17) is 5.73 Å². The van der Waals surface area contributed by atoms with Crippen molar-refractivity contribution in [3.63, 3.8) is 0 Å². The van der Waals surface area contributed by atoms with Crippen molar-refractivity contribution in [2.24, 2.45) is 0 Å². The lowest BCUT2D eigenvalue weighted by Crippen LogP contribution is -1.88. The van der Waals surface area contributed by atoms with Gasteiger partial charge in [-0.2, -0.15) is 0 Å². The number of rotatable bonds is 3. The average Bonchev–Trinajstić information content (AvgIpc) is 2.38. The van der Waals surface area contributed by atoms with E-state index in [0.29, 0.717) is 5.69 Å². The molecule has 0 saturated carbocycles. The lowest BCUT2D eigenvalue weighted by atomic mass is 10.1. The van der Waals surface area contributed by atoms with Gasteiger partial charge in [0.15, 0.2) is 0 Å². The molecular weight excluding hydrogens is 228 g/mol. The third-order valence-electron chi connectivity index (χ3n) is 2.56. The Kier molecular flexibility index (Phi) is 3.38. The number of nitro groups is 1. The molecule has 0 fully saturated rings. The number of para-hydroxylation sites is 1. The Balaban J connectivity index is 2.19. The fourth-order valence-electron chi connectivity index (χ4n) is 1.56. The minimum Gasteiger partial charge on any atom is -0.398 e. The van der Waals surface area contributed by atoms with Gasteiger partial charge in [-0.05, 0) is 29.3 Å². The lowest BCUT2D eigenvalue weighted by Gasteiger charge is -1.98. The van der Waals surface area contributed by atoms with Crippen LogP contribution in [-0.4, -0.2) is 4.92 Å². The van der Waals surface area contributed by atoms with Crippen LogP contribution in [0.15, 0.2) is 48.5 Å². The number of nitro benzene ring substituents is 1. The maximum absolute atomic E-state index is 10.5. The van der Waals surface area contributed by atoms with Crippen molar-refractivity contribution in [2.45, 2.75) is 0 Å². The van der Waals surface area contributed by atoms with Crippen molar-refractivity contribution in [1.82, 2.24) is 0 Å². The maximum atomic E-state index is 10.5. The fraction of sp³-hybridized carbons (Fsp3) is 0. The predicted molar refractivity (Wildman–Crippen MR) is 72.9 cm³/mol. The van der Waals surface area contributed by atoms with Crippen LogP contribution < -0.4 is 5.73 Å². The first-order valence-corrected chi connectivity index (χ1v) is 5.44. The molecule has 0 amide bonds. The summed E-state index contributed by atoms with van der Waals surface area (Å²) in [5, 5.41) is 10.5. The van der Waals surface area contributed by atoms with Gasteiger partial charge in [-0.25, -0.2) is 0 Å². The minimum absolute atomic E-state index is 0.0892. The summed E-state index contributed by atoms with van der Waals surface area (Å²) in [6.07, 6.45) is 3.76. The SMILES string of the molecule is Nc1ccccc1/C=C/c1ccc([N+](=O)[O-])cc1. The van der Waals surface area contributed by atoms with Gasteiger partial charge < -0.3 is 5.73 Å². The van der Waals surface area contributed by atoms with E-state index in [0.717, 1.165) is 11.1 Å². The molecule has 90 valence electrons. The molecule has 0 aromatic heterocycles. The number of anilines is 1. The molecule has 0 saturated heterocycles. The molecule has 4 heteroatoms. The number of hydrogen-bond acceptors (Lipinski definition) is 3. The van der Waals surface area contributed by atoms with Gasteiger partial charge in [0.05, 0.1) is 4.92 Å². The molecule has 0 aliphatic carbocycles. The standard InChI is InChI=1S/C14H12N2O2/c15-14-4-2-1-3-12(14)8-5-11-6-9-13(10-7-11)16(17)18/h1-10H,15H2/b8-5+. The van der Waals surface area contributed by atoms with Crippen molar-refractivity contribution in [1.29, 1.82) is 0 Å². The van der Waals surface area contributed by atoms with Crippen molar-refractivity contribution in [3.05, 3.63) is 69.8 Å². The molecule has 2 rings (SSSR count). The number of nitrogen functional groups attached to an aromatic ring is 1. The maximum Gasteiger partial charge on any atom is 0.269 e. The van der Waals surface area contributed by atoms with E-state index >= 15 is 0 Å². The van der Waals surface area contributed by atoms with Crippen LogP contribution in [-0.2, 0) is 0 Å². The van der Waals surface area contributed by atoms with Gasteiger partial charge in [-0.1, -0.05) is 30.4 Å². The second kappa shape index (κ2) is 5.14. The van der Waals surface area contributed by atoms with Gasteiger partial charge in [-0.3, -0.25) is 10.1 Å². The Bertz CT molecular complexity index is 589. The van der Waals surface area contributed by atoms with E-state index in [1.807, 2.05) is 36.4 Å².